The molecule has 0 bridgehead atoms. The zero-order valence-electron chi connectivity index (χ0n) is 14.3. The third kappa shape index (κ3) is 10.5. The molecule has 0 aliphatic rings. The first-order valence-electron chi connectivity index (χ1n) is 7.44. The Hall–Kier alpha value is -0.850. The molecule has 21 heavy (non-hydrogen) atoms. The van der Waals surface area contributed by atoms with E-state index in [2.05, 4.69) is 5.32 Å². The lowest BCUT2D eigenvalue weighted by Crippen LogP contribution is -2.44. The van der Waals surface area contributed by atoms with Crippen LogP contribution in [-0.4, -0.2) is 65.7 Å². The average molecular weight is 304 g/mol. The van der Waals surface area contributed by atoms with Crippen molar-refractivity contribution in [3.8, 4) is 0 Å². The van der Waals surface area contributed by atoms with Gasteiger partial charge in [0, 0.05) is 38.2 Å². The summed E-state index contributed by atoms with van der Waals surface area (Å²) in [6, 6.07) is 0. The number of rotatable bonds is 8. The number of aliphatic hydroxyl groups excluding tert-OH is 2. The van der Waals surface area contributed by atoms with Crippen LogP contribution in [0.1, 0.15) is 41.5 Å². The van der Waals surface area contributed by atoms with E-state index in [1.54, 1.807) is 6.92 Å². The zero-order valence-corrected chi connectivity index (χ0v) is 14.3. The summed E-state index contributed by atoms with van der Waals surface area (Å²) >= 11 is 0. The van der Waals surface area contributed by atoms with E-state index in [9.17, 15) is 15.0 Å². The van der Waals surface area contributed by atoms with Crippen molar-refractivity contribution in [3.05, 3.63) is 0 Å². The second kappa shape index (κ2) is 8.56. The van der Waals surface area contributed by atoms with Crippen LogP contribution in [0, 0.1) is 5.41 Å². The fraction of sp³-hybridized carbons (Fsp3) is 0.933. The first kappa shape index (κ1) is 20.1. The van der Waals surface area contributed by atoms with E-state index in [0.29, 0.717) is 19.6 Å². The standard InChI is InChI=1S/C15H32N2O4/c1-12(19)9-17(13(20)21-14(2,3)4)8-7-16-10-15(5,6)11-18/h12,16,18-19H,7-11H2,1-6H3. The second-order valence-corrected chi connectivity index (χ2v) is 7.27. The molecule has 0 aromatic rings. The van der Waals surface area contributed by atoms with Crippen LogP contribution in [0.3, 0.4) is 0 Å². The quantitative estimate of drug-likeness (QED) is 0.587. The van der Waals surface area contributed by atoms with Crippen LogP contribution in [0.4, 0.5) is 4.79 Å². The number of amides is 1. The molecule has 0 saturated carbocycles. The third-order valence-electron chi connectivity index (χ3n) is 2.73. The first-order valence-corrected chi connectivity index (χ1v) is 7.44. The summed E-state index contributed by atoms with van der Waals surface area (Å²) in [7, 11) is 0. The van der Waals surface area contributed by atoms with E-state index in [-0.39, 0.29) is 18.6 Å². The second-order valence-electron chi connectivity index (χ2n) is 7.27. The minimum atomic E-state index is -0.605. The molecule has 0 aromatic carbocycles. The highest BCUT2D eigenvalue weighted by molar-refractivity contribution is 5.68. The van der Waals surface area contributed by atoms with E-state index < -0.39 is 17.8 Å². The molecule has 1 unspecified atom stereocenters. The number of hydrogen-bond donors (Lipinski definition) is 3. The van der Waals surface area contributed by atoms with Gasteiger partial charge in [0.1, 0.15) is 5.60 Å². The maximum atomic E-state index is 12.1. The summed E-state index contributed by atoms with van der Waals surface area (Å²) in [5, 5.41) is 21.9. The van der Waals surface area contributed by atoms with Crippen LogP contribution >= 0.6 is 0 Å². The summed E-state index contributed by atoms with van der Waals surface area (Å²) in [5.41, 5.74) is -0.749. The fourth-order valence-corrected chi connectivity index (χ4v) is 1.60. The van der Waals surface area contributed by atoms with Gasteiger partial charge in [-0.3, -0.25) is 0 Å². The number of hydrogen-bond acceptors (Lipinski definition) is 5. The predicted molar refractivity (Wildman–Crippen MR) is 83.2 cm³/mol. The van der Waals surface area contributed by atoms with Gasteiger partial charge in [0.25, 0.3) is 0 Å². The third-order valence-corrected chi connectivity index (χ3v) is 2.73. The van der Waals surface area contributed by atoms with Crippen molar-refractivity contribution in [2.24, 2.45) is 5.41 Å². The Morgan fingerprint density at radius 1 is 1.29 bits per heavy atom. The van der Waals surface area contributed by atoms with Gasteiger partial charge in [0.15, 0.2) is 0 Å². The number of carbonyl (C=O) groups is 1. The van der Waals surface area contributed by atoms with Gasteiger partial charge in [-0.05, 0) is 27.7 Å². The number of ether oxygens (including phenoxy) is 1. The highest BCUT2D eigenvalue weighted by Crippen LogP contribution is 2.12. The smallest absolute Gasteiger partial charge is 0.410 e. The van der Waals surface area contributed by atoms with E-state index in [0.717, 1.165) is 0 Å². The molecule has 6 heteroatoms. The van der Waals surface area contributed by atoms with Crippen LogP contribution in [0.5, 0.6) is 0 Å². The van der Waals surface area contributed by atoms with Gasteiger partial charge in [0.05, 0.1) is 6.10 Å². The minimum Gasteiger partial charge on any atom is -0.444 e. The monoisotopic (exact) mass is 304 g/mol. The van der Waals surface area contributed by atoms with Crippen LogP contribution in [0.25, 0.3) is 0 Å². The molecular weight excluding hydrogens is 272 g/mol. The van der Waals surface area contributed by atoms with E-state index in [4.69, 9.17) is 4.74 Å². The average Bonchev–Trinajstić information content (AvgIpc) is 2.30. The fourth-order valence-electron chi connectivity index (χ4n) is 1.60. The van der Waals surface area contributed by atoms with Crippen LogP contribution in [-0.2, 0) is 4.74 Å². The predicted octanol–water partition coefficient (Wildman–Crippen LogP) is 1.21. The first-order chi connectivity index (χ1) is 9.47. The summed E-state index contributed by atoms with van der Waals surface area (Å²) in [6.45, 7) is 13.0. The molecule has 3 N–H and O–H groups in total. The highest BCUT2D eigenvalue weighted by Gasteiger charge is 2.23. The molecule has 1 atom stereocenters. The molecule has 0 aliphatic heterocycles. The molecule has 126 valence electrons. The van der Waals surface area contributed by atoms with Crippen LogP contribution in [0.2, 0.25) is 0 Å². The van der Waals surface area contributed by atoms with E-state index in [1.165, 1.54) is 4.90 Å². The van der Waals surface area contributed by atoms with Crippen molar-refractivity contribution < 1.29 is 19.7 Å². The summed E-state index contributed by atoms with van der Waals surface area (Å²) in [5.74, 6) is 0. The molecule has 1 amide bonds. The van der Waals surface area contributed by atoms with Gasteiger partial charge in [-0.2, -0.15) is 0 Å². The van der Waals surface area contributed by atoms with E-state index >= 15 is 0 Å². The maximum Gasteiger partial charge on any atom is 0.410 e. The molecule has 6 nitrogen and oxygen atoms in total. The van der Waals surface area contributed by atoms with Crippen molar-refractivity contribution in [3.63, 3.8) is 0 Å². The summed E-state index contributed by atoms with van der Waals surface area (Å²) in [4.78, 5) is 13.6. The van der Waals surface area contributed by atoms with Crippen LogP contribution < -0.4 is 5.32 Å². The SMILES string of the molecule is CC(O)CN(CCNCC(C)(C)CO)C(=O)OC(C)(C)C. The van der Waals surface area contributed by atoms with Crippen molar-refractivity contribution in [2.75, 3.05) is 32.8 Å². The van der Waals surface area contributed by atoms with Crippen molar-refractivity contribution >= 4 is 6.09 Å². The molecule has 0 fully saturated rings. The summed E-state index contributed by atoms with van der Waals surface area (Å²) < 4.78 is 5.33. The largest absolute Gasteiger partial charge is 0.444 e. The lowest BCUT2D eigenvalue weighted by atomic mass is 9.95. The van der Waals surface area contributed by atoms with Gasteiger partial charge in [-0.1, -0.05) is 13.8 Å². The Labute approximate surface area is 128 Å². The minimum absolute atomic E-state index is 0.101. The van der Waals surface area contributed by atoms with Gasteiger partial charge in [0.2, 0.25) is 0 Å². The molecule has 0 saturated heterocycles. The lowest BCUT2D eigenvalue weighted by Gasteiger charge is -2.29. The Morgan fingerprint density at radius 2 is 1.86 bits per heavy atom. The normalized spacial score (nSPS) is 13.9. The molecule has 0 spiro atoms. The molecule has 0 radical (unpaired) electrons. The number of nitrogens with zero attached hydrogens (tertiary/aromatic N) is 1. The number of nitrogens with one attached hydrogen (secondary N) is 1. The van der Waals surface area contributed by atoms with E-state index in [1.807, 2.05) is 34.6 Å². The zero-order chi connectivity index (χ0) is 16.7. The number of carbonyl (C=O) groups excluding carboxylic acids is 1. The maximum absolute atomic E-state index is 12.1. The Bertz CT molecular complexity index is 311. The van der Waals surface area contributed by atoms with Gasteiger partial charge in [-0.15, -0.1) is 0 Å². The van der Waals surface area contributed by atoms with Crippen molar-refractivity contribution in [2.45, 2.75) is 53.2 Å². The lowest BCUT2D eigenvalue weighted by molar-refractivity contribution is 0.0162. The van der Waals surface area contributed by atoms with Gasteiger partial charge in [-0.25, -0.2) is 4.79 Å². The molecular formula is C15H32N2O4. The highest BCUT2D eigenvalue weighted by atomic mass is 16.6. The topological polar surface area (TPSA) is 82.0 Å². The summed E-state index contributed by atoms with van der Waals surface area (Å²) in [6.07, 6.45) is -1.03. The van der Waals surface area contributed by atoms with Crippen molar-refractivity contribution in [1.82, 2.24) is 10.2 Å². The molecule has 0 aromatic heterocycles. The van der Waals surface area contributed by atoms with Crippen molar-refractivity contribution in [1.29, 1.82) is 0 Å². The molecule has 0 aliphatic carbocycles. The van der Waals surface area contributed by atoms with Gasteiger partial charge >= 0.3 is 6.09 Å². The molecule has 0 rings (SSSR count). The van der Waals surface area contributed by atoms with Gasteiger partial charge < -0.3 is 25.2 Å². The van der Waals surface area contributed by atoms with Crippen LogP contribution in [0.15, 0.2) is 0 Å². The molecule has 0 heterocycles. The Balaban J connectivity index is 4.34. The Morgan fingerprint density at radius 3 is 2.29 bits per heavy atom. The number of aliphatic hydroxyl groups is 2. The Kier molecular flexibility index (Phi) is 8.21.